The van der Waals surface area contributed by atoms with Crippen molar-refractivity contribution < 1.29 is 4.74 Å². The number of fused-ring (bicyclic) bond motifs is 1. The van der Waals surface area contributed by atoms with E-state index < -0.39 is 0 Å². The van der Waals surface area contributed by atoms with E-state index in [1.807, 2.05) is 6.20 Å². The summed E-state index contributed by atoms with van der Waals surface area (Å²) in [5.74, 6) is 0. The summed E-state index contributed by atoms with van der Waals surface area (Å²) in [5.41, 5.74) is 2.15. The molecule has 0 aliphatic carbocycles. The highest BCUT2D eigenvalue weighted by Crippen LogP contribution is 2.17. The Bertz CT molecular complexity index is 452. The summed E-state index contributed by atoms with van der Waals surface area (Å²) in [5, 5.41) is 11.5. The monoisotopic (exact) mass is 219 g/mol. The molecule has 4 heteroatoms. The van der Waals surface area contributed by atoms with E-state index in [1.54, 1.807) is 7.11 Å². The fourth-order valence-electron chi connectivity index (χ4n) is 1.73. The molecule has 1 unspecified atom stereocenters. The van der Waals surface area contributed by atoms with Gasteiger partial charge in [0.05, 0.1) is 18.3 Å². The molecule has 0 aliphatic rings. The predicted molar refractivity (Wildman–Crippen MR) is 65.7 cm³/mol. The molecule has 0 amide bonds. The molecule has 0 saturated carbocycles. The van der Waals surface area contributed by atoms with Crippen LogP contribution in [0.25, 0.3) is 10.9 Å². The molecule has 2 N–H and O–H groups in total. The number of nitrogens with zero attached hydrogens (tertiary/aromatic N) is 1. The van der Waals surface area contributed by atoms with Gasteiger partial charge in [-0.1, -0.05) is 6.92 Å². The highest BCUT2D eigenvalue weighted by Gasteiger charge is 2.05. The van der Waals surface area contributed by atoms with Gasteiger partial charge in [-0.25, -0.2) is 0 Å². The fourth-order valence-corrected chi connectivity index (χ4v) is 1.73. The molecule has 1 aromatic carbocycles. The van der Waals surface area contributed by atoms with Crippen molar-refractivity contribution in [3.05, 3.63) is 24.4 Å². The van der Waals surface area contributed by atoms with Crippen LogP contribution in [0.1, 0.15) is 13.3 Å². The van der Waals surface area contributed by atoms with Gasteiger partial charge in [-0.05, 0) is 24.6 Å². The molecule has 0 saturated heterocycles. The van der Waals surface area contributed by atoms with Crippen LogP contribution in [0.4, 0.5) is 5.69 Å². The molecule has 0 aliphatic heterocycles. The average molecular weight is 219 g/mol. The van der Waals surface area contributed by atoms with Crippen LogP contribution in [0.15, 0.2) is 24.4 Å². The minimum atomic E-state index is 0.352. The van der Waals surface area contributed by atoms with Crippen molar-refractivity contribution in [2.75, 3.05) is 19.0 Å². The topological polar surface area (TPSA) is 49.9 Å². The molecule has 86 valence electrons. The highest BCUT2D eigenvalue weighted by molar-refractivity contribution is 5.81. The summed E-state index contributed by atoms with van der Waals surface area (Å²) in [7, 11) is 1.72. The molecule has 0 spiro atoms. The minimum absolute atomic E-state index is 0.352. The second-order valence-corrected chi connectivity index (χ2v) is 3.88. The maximum Gasteiger partial charge on any atom is 0.0670 e. The minimum Gasteiger partial charge on any atom is -0.383 e. The van der Waals surface area contributed by atoms with Crippen LogP contribution in [0.5, 0.6) is 0 Å². The van der Waals surface area contributed by atoms with Gasteiger partial charge in [-0.3, -0.25) is 5.10 Å². The van der Waals surface area contributed by atoms with Gasteiger partial charge in [-0.2, -0.15) is 5.10 Å². The van der Waals surface area contributed by atoms with Crippen LogP contribution in [-0.2, 0) is 4.74 Å². The molecular weight excluding hydrogens is 202 g/mol. The molecule has 1 heterocycles. The number of anilines is 1. The van der Waals surface area contributed by atoms with Crippen molar-refractivity contribution in [3.8, 4) is 0 Å². The number of ether oxygens (including phenoxy) is 1. The lowest BCUT2D eigenvalue weighted by atomic mass is 10.2. The predicted octanol–water partition coefficient (Wildman–Crippen LogP) is 2.40. The van der Waals surface area contributed by atoms with Gasteiger partial charge in [0.15, 0.2) is 0 Å². The Morgan fingerprint density at radius 1 is 1.50 bits per heavy atom. The van der Waals surface area contributed by atoms with Gasteiger partial charge in [-0.15, -0.1) is 0 Å². The smallest absolute Gasteiger partial charge is 0.0670 e. The van der Waals surface area contributed by atoms with Crippen LogP contribution in [0.2, 0.25) is 0 Å². The summed E-state index contributed by atoms with van der Waals surface area (Å²) >= 11 is 0. The van der Waals surface area contributed by atoms with E-state index in [2.05, 4.69) is 40.6 Å². The van der Waals surface area contributed by atoms with Crippen molar-refractivity contribution in [2.45, 2.75) is 19.4 Å². The maximum atomic E-state index is 5.16. The summed E-state index contributed by atoms with van der Waals surface area (Å²) in [6, 6.07) is 6.54. The summed E-state index contributed by atoms with van der Waals surface area (Å²) in [6.07, 6.45) is 2.86. The molecule has 1 atom stereocenters. The second kappa shape index (κ2) is 4.99. The Morgan fingerprint density at radius 3 is 3.12 bits per heavy atom. The normalized spacial score (nSPS) is 12.9. The van der Waals surface area contributed by atoms with Gasteiger partial charge >= 0.3 is 0 Å². The van der Waals surface area contributed by atoms with E-state index in [-0.39, 0.29) is 0 Å². The standard InChI is InChI=1S/C12H17N3O/c1-3-10(8-16-2)14-11-5-4-9-7-13-15-12(9)6-11/h4-7,10,14H,3,8H2,1-2H3,(H,13,15). The molecule has 0 bridgehead atoms. The number of H-pyrrole nitrogens is 1. The number of hydrogen-bond donors (Lipinski definition) is 2. The lowest BCUT2D eigenvalue weighted by molar-refractivity contribution is 0.184. The summed E-state index contributed by atoms with van der Waals surface area (Å²) < 4.78 is 5.16. The number of rotatable bonds is 5. The summed E-state index contributed by atoms with van der Waals surface area (Å²) in [6.45, 7) is 2.86. The molecule has 16 heavy (non-hydrogen) atoms. The molecule has 4 nitrogen and oxygen atoms in total. The number of methoxy groups -OCH3 is 1. The molecule has 0 fully saturated rings. The third-order valence-electron chi connectivity index (χ3n) is 2.67. The number of benzene rings is 1. The first-order valence-electron chi connectivity index (χ1n) is 5.52. The van der Waals surface area contributed by atoms with E-state index >= 15 is 0 Å². The van der Waals surface area contributed by atoms with E-state index in [1.165, 1.54) is 0 Å². The third-order valence-corrected chi connectivity index (χ3v) is 2.67. The van der Waals surface area contributed by atoms with Gasteiger partial charge in [0.1, 0.15) is 0 Å². The zero-order valence-corrected chi connectivity index (χ0v) is 9.66. The maximum absolute atomic E-state index is 5.16. The zero-order chi connectivity index (χ0) is 11.4. The van der Waals surface area contributed by atoms with Crippen LogP contribution >= 0.6 is 0 Å². The average Bonchev–Trinajstić information content (AvgIpc) is 2.75. The Balaban J connectivity index is 2.13. The third kappa shape index (κ3) is 2.33. The van der Waals surface area contributed by atoms with Crippen molar-refractivity contribution in [1.29, 1.82) is 0 Å². The van der Waals surface area contributed by atoms with E-state index in [0.717, 1.165) is 29.6 Å². The van der Waals surface area contributed by atoms with Crippen molar-refractivity contribution in [2.24, 2.45) is 0 Å². The lowest BCUT2D eigenvalue weighted by Crippen LogP contribution is -2.23. The Labute approximate surface area is 95.0 Å². The van der Waals surface area contributed by atoms with Gasteiger partial charge in [0.2, 0.25) is 0 Å². The lowest BCUT2D eigenvalue weighted by Gasteiger charge is -2.17. The highest BCUT2D eigenvalue weighted by atomic mass is 16.5. The molecule has 2 rings (SSSR count). The largest absolute Gasteiger partial charge is 0.383 e. The molecular formula is C12H17N3O. The Morgan fingerprint density at radius 2 is 2.38 bits per heavy atom. The van der Waals surface area contributed by atoms with Crippen LogP contribution in [0.3, 0.4) is 0 Å². The quantitative estimate of drug-likeness (QED) is 0.811. The van der Waals surface area contributed by atoms with Gasteiger partial charge in [0.25, 0.3) is 0 Å². The van der Waals surface area contributed by atoms with E-state index in [0.29, 0.717) is 6.04 Å². The first-order valence-corrected chi connectivity index (χ1v) is 5.52. The first kappa shape index (κ1) is 11.0. The Kier molecular flexibility index (Phi) is 3.41. The number of aromatic nitrogens is 2. The summed E-state index contributed by atoms with van der Waals surface area (Å²) in [4.78, 5) is 0. The second-order valence-electron chi connectivity index (χ2n) is 3.88. The SMILES string of the molecule is CCC(COC)Nc1ccc2cn[nH]c2c1. The number of aromatic amines is 1. The van der Waals surface area contributed by atoms with E-state index in [9.17, 15) is 0 Å². The van der Waals surface area contributed by atoms with Crippen LogP contribution in [-0.4, -0.2) is 30.0 Å². The fraction of sp³-hybridized carbons (Fsp3) is 0.417. The van der Waals surface area contributed by atoms with Crippen molar-refractivity contribution in [1.82, 2.24) is 10.2 Å². The molecule has 2 aromatic rings. The van der Waals surface area contributed by atoms with E-state index in [4.69, 9.17) is 4.74 Å². The zero-order valence-electron chi connectivity index (χ0n) is 9.66. The Hall–Kier alpha value is -1.55. The molecule has 1 aromatic heterocycles. The van der Waals surface area contributed by atoms with Crippen LogP contribution < -0.4 is 5.32 Å². The van der Waals surface area contributed by atoms with Crippen molar-refractivity contribution in [3.63, 3.8) is 0 Å². The molecule has 0 radical (unpaired) electrons. The first-order chi connectivity index (χ1) is 7.83. The number of nitrogens with one attached hydrogen (secondary N) is 2. The van der Waals surface area contributed by atoms with Crippen LogP contribution in [0, 0.1) is 0 Å². The van der Waals surface area contributed by atoms with Crippen molar-refractivity contribution >= 4 is 16.6 Å². The van der Waals surface area contributed by atoms with Gasteiger partial charge < -0.3 is 10.1 Å². The number of hydrogen-bond acceptors (Lipinski definition) is 3. The van der Waals surface area contributed by atoms with Gasteiger partial charge in [0, 0.05) is 24.2 Å².